The molecule has 0 aliphatic carbocycles. The van der Waals surface area contributed by atoms with E-state index in [1.807, 2.05) is 6.07 Å². The normalized spacial score (nSPS) is 11.2. The van der Waals surface area contributed by atoms with E-state index in [0.29, 0.717) is 8.81 Å². The summed E-state index contributed by atoms with van der Waals surface area (Å²) in [5.74, 6) is 0. The third-order valence-electron chi connectivity index (χ3n) is 2.06. The fourth-order valence-corrected chi connectivity index (χ4v) is 1.98. The van der Waals surface area contributed by atoms with Crippen LogP contribution in [0.15, 0.2) is 30.3 Å². The summed E-state index contributed by atoms with van der Waals surface area (Å²) in [5.41, 5.74) is 0. The second-order valence-corrected chi connectivity index (χ2v) is 4.45. The van der Waals surface area contributed by atoms with Crippen LogP contribution in [0.1, 0.15) is 32.6 Å². The van der Waals surface area contributed by atoms with Crippen molar-refractivity contribution < 1.29 is 4.52 Å². The minimum atomic E-state index is 0.516. The summed E-state index contributed by atoms with van der Waals surface area (Å²) in [5, 5.41) is 1.29. The molecular formula is C12H19OP. The number of unbranched alkanes of at least 4 members (excludes halogenated alkanes) is 3. The van der Waals surface area contributed by atoms with Crippen LogP contribution in [0.4, 0.5) is 0 Å². The van der Waals surface area contributed by atoms with Crippen molar-refractivity contribution >= 4 is 14.1 Å². The molecule has 1 aromatic carbocycles. The molecule has 0 aromatic heterocycles. The van der Waals surface area contributed by atoms with Gasteiger partial charge in [-0.15, -0.1) is 0 Å². The van der Waals surface area contributed by atoms with Crippen molar-refractivity contribution in [2.75, 3.05) is 6.61 Å². The highest BCUT2D eigenvalue weighted by molar-refractivity contribution is 7.41. The Morgan fingerprint density at radius 1 is 1.07 bits per heavy atom. The van der Waals surface area contributed by atoms with Gasteiger partial charge in [-0.2, -0.15) is 0 Å². The number of hydrogen-bond donors (Lipinski definition) is 0. The molecule has 2 heteroatoms. The predicted octanol–water partition coefficient (Wildman–Crippen LogP) is 3.50. The first-order valence-corrected chi connectivity index (χ1v) is 6.27. The third-order valence-corrected chi connectivity index (χ3v) is 2.98. The Morgan fingerprint density at radius 3 is 2.57 bits per heavy atom. The average molecular weight is 210 g/mol. The van der Waals surface area contributed by atoms with E-state index in [9.17, 15) is 0 Å². The van der Waals surface area contributed by atoms with Crippen molar-refractivity contribution in [1.82, 2.24) is 0 Å². The van der Waals surface area contributed by atoms with E-state index in [0.717, 1.165) is 6.61 Å². The molecule has 0 aliphatic rings. The molecule has 0 amide bonds. The van der Waals surface area contributed by atoms with Crippen molar-refractivity contribution in [3.05, 3.63) is 30.3 Å². The first kappa shape index (κ1) is 11.7. The Labute approximate surface area is 88.7 Å². The van der Waals surface area contributed by atoms with Gasteiger partial charge in [-0.05, 0) is 11.7 Å². The molecular weight excluding hydrogens is 191 g/mol. The molecule has 0 radical (unpaired) electrons. The van der Waals surface area contributed by atoms with E-state index < -0.39 is 0 Å². The SMILES string of the molecule is CCCCCCOPc1ccccc1. The topological polar surface area (TPSA) is 9.23 Å². The molecule has 0 spiro atoms. The highest BCUT2D eigenvalue weighted by Crippen LogP contribution is 2.12. The van der Waals surface area contributed by atoms with Gasteiger partial charge in [-0.3, -0.25) is 0 Å². The average Bonchev–Trinajstić information content (AvgIpc) is 2.25. The largest absolute Gasteiger partial charge is 0.358 e. The molecule has 14 heavy (non-hydrogen) atoms. The smallest absolute Gasteiger partial charge is 0.0509 e. The first-order chi connectivity index (χ1) is 6.93. The molecule has 1 atom stereocenters. The van der Waals surface area contributed by atoms with Gasteiger partial charge in [0.25, 0.3) is 0 Å². The lowest BCUT2D eigenvalue weighted by Gasteiger charge is -2.03. The molecule has 0 bridgehead atoms. The van der Waals surface area contributed by atoms with Crippen LogP contribution in [0.5, 0.6) is 0 Å². The van der Waals surface area contributed by atoms with E-state index in [2.05, 4.69) is 31.2 Å². The second kappa shape index (κ2) is 7.96. The van der Waals surface area contributed by atoms with Crippen LogP contribution in [0, 0.1) is 0 Å². The Balaban J connectivity index is 1.99. The van der Waals surface area contributed by atoms with Crippen LogP contribution < -0.4 is 5.30 Å². The fraction of sp³-hybridized carbons (Fsp3) is 0.500. The summed E-state index contributed by atoms with van der Waals surface area (Å²) in [6, 6.07) is 10.4. The van der Waals surface area contributed by atoms with Crippen molar-refractivity contribution in [2.45, 2.75) is 32.6 Å². The molecule has 1 nitrogen and oxygen atoms in total. The van der Waals surface area contributed by atoms with Gasteiger partial charge >= 0.3 is 0 Å². The van der Waals surface area contributed by atoms with Crippen LogP contribution in [0.25, 0.3) is 0 Å². The van der Waals surface area contributed by atoms with E-state index in [1.54, 1.807) is 0 Å². The third kappa shape index (κ3) is 5.36. The van der Waals surface area contributed by atoms with Gasteiger partial charge in [0, 0.05) is 8.81 Å². The van der Waals surface area contributed by atoms with Gasteiger partial charge < -0.3 is 4.52 Å². The van der Waals surface area contributed by atoms with Crippen molar-refractivity contribution in [1.29, 1.82) is 0 Å². The quantitative estimate of drug-likeness (QED) is 0.494. The van der Waals surface area contributed by atoms with Crippen LogP contribution in [0.2, 0.25) is 0 Å². The maximum Gasteiger partial charge on any atom is 0.0509 e. The standard InChI is InChI=1S/C12H19OP/c1-2-3-4-8-11-13-14-12-9-6-5-7-10-12/h5-7,9-10,14H,2-4,8,11H2,1H3. The van der Waals surface area contributed by atoms with Gasteiger partial charge in [0.15, 0.2) is 0 Å². The summed E-state index contributed by atoms with van der Waals surface area (Å²) < 4.78 is 5.59. The molecule has 0 saturated heterocycles. The van der Waals surface area contributed by atoms with Gasteiger partial charge in [0.2, 0.25) is 0 Å². The maximum absolute atomic E-state index is 5.59. The van der Waals surface area contributed by atoms with E-state index in [-0.39, 0.29) is 0 Å². The molecule has 0 N–H and O–H groups in total. The highest BCUT2D eigenvalue weighted by atomic mass is 31.1. The van der Waals surface area contributed by atoms with Crippen LogP contribution in [0.3, 0.4) is 0 Å². The zero-order valence-corrected chi connectivity index (χ0v) is 9.83. The maximum atomic E-state index is 5.59. The summed E-state index contributed by atoms with van der Waals surface area (Å²) in [6.45, 7) is 3.14. The molecule has 0 heterocycles. The number of rotatable bonds is 7. The van der Waals surface area contributed by atoms with Gasteiger partial charge in [-0.25, -0.2) is 0 Å². The fourth-order valence-electron chi connectivity index (χ4n) is 1.24. The Bertz CT molecular complexity index is 223. The van der Waals surface area contributed by atoms with Crippen molar-refractivity contribution in [2.24, 2.45) is 0 Å². The molecule has 0 saturated carbocycles. The van der Waals surface area contributed by atoms with Gasteiger partial charge in [0.05, 0.1) is 6.61 Å². The summed E-state index contributed by atoms with van der Waals surface area (Å²) in [6.07, 6.45) is 5.13. The van der Waals surface area contributed by atoms with E-state index in [1.165, 1.54) is 31.0 Å². The van der Waals surface area contributed by atoms with Gasteiger partial charge in [-0.1, -0.05) is 56.5 Å². The zero-order chi connectivity index (χ0) is 10.1. The number of benzene rings is 1. The molecule has 0 aliphatic heterocycles. The van der Waals surface area contributed by atoms with E-state index in [4.69, 9.17) is 4.52 Å². The summed E-state index contributed by atoms with van der Waals surface area (Å²) >= 11 is 0. The van der Waals surface area contributed by atoms with Gasteiger partial charge in [0.1, 0.15) is 0 Å². The Kier molecular flexibility index (Phi) is 6.65. The molecule has 1 rings (SSSR count). The predicted molar refractivity (Wildman–Crippen MR) is 64.5 cm³/mol. The molecule has 0 fully saturated rings. The lowest BCUT2D eigenvalue weighted by Crippen LogP contribution is -1.94. The lowest BCUT2D eigenvalue weighted by molar-refractivity contribution is 0.349. The molecule has 1 aromatic rings. The molecule has 1 unspecified atom stereocenters. The van der Waals surface area contributed by atoms with Crippen molar-refractivity contribution in [3.63, 3.8) is 0 Å². The molecule has 78 valence electrons. The Morgan fingerprint density at radius 2 is 1.86 bits per heavy atom. The van der Waals surface area contributed by atoms with Crippen molar-refractivity contribution in [3.8, 4) is 0 Å². The first-order valence-electron chi connectivity index (χ1n) is 5.36. The zero-order valence-electron chi connectivity index (χ0n) is 8.83. The highest BCUT2D eigenvalue weighted by Gasteiger charge is 1.91. The number of hydrogen-bond acceptors (Lipinski definition) is 1. The minimum absolute atomic E-state index is 0.516. The van der Waals surface area contributed by atoms with Crippen LogP contribution in [-0.4, -0.2) is 6.61 Å². The van der Waals surface area contributed by atoms with Crippen LogP contribution in [-0.2, 0) is 4.52 Å². The van der Waals surface area contributed by atoms with Crippen LogP contribution >= 0.6 is 8.81 Å². The Hall–Kier alpha value is -0.390. The minimum Gasteiger partial charge on any atom is -0.358 e. The van der Waals surface area contributed by atoms with E-state index >= 15 is 0 Å². The summed E-state index contributed by atoms with van der Waals surface area (Å²) in [7, 11) is 0.516. The monoisotopic (exact) mass is 210 g/mol. The summed E-state index contributed by atoms with van der Waals surface area (Å²) in [4.78, 5) is 0. The second-order valence-electron chi connectivity index (χ2n) is 3.38. The lowest BCUT2D eigenvalue weighted by atomic mass is 10.2.